The van der Waals surface area contributed by atoms with Crippen molar-refractivity contribution >= 4 is 11.9 Å². The first-order chi connectivity index (χ1) is 4.23. The molecule has 1 amide bonds. The normalized spacial score (nSPS) is 28.0. The van der Waals surface area contributed by atoms with E-state index in [-0.39, 0.29) is 11.9 Å². The second kappa shape index (κ2) is 1.10. The maximum absolute atomic E-state index is 10.9. The lowest BCUT2D eigenvalue weighted by Gasteiger charge is -1.93. The monoisotopic (exact) mass is 125 g/mol. The number of rotatable bonds is 0. The van der Waals surface area contributed by atoms with Gasteiger partial charge in [-0.2, -0.15) is 0 Å². The van der Waals surface area contributed by atoms with E-state index in [1.807, 2.05) is 0 Å². The predicted octanol–water partition coefficient (Wildman–Crippen LogP) is -1.04. The van der Waals surface area contributed by atoms with Crippen LogP contribution in [0.15, 0.2) is 4.99 Å². The molecule has 2 rings (SSSR count). The molecule has 48 valence electrons. The van der Waals surface area contributed by atoms with Crippen molar-refractivity contribution in [3.63, 3.8) is 0 Å². The van der Waals surface area contributed by atoms with E-state index in [1.165, 1.54) is 0 Å². The SMILES string of the molecule is NC1=NC2(CC2)C(=O)N1. The number of carbonyl (C=O) groups excluding carboxylic acids is 1. The van der Waals surface area contributed by atoms with Crippen molar-refractivity contribution in [1.29, 1.82) is 0 Å². The number of nitrogens with zero attached hydrogens (tertiary/aromatic N) is 1. The molecular weight excluding hydrogens is 118 g/mol. The molecule has 3 N–H and O–H groups in total. The lowest BCUT2D eigenvalue weighted by atomic mass is 10.3. The molecule has 9 heavy (non-hydrogen) atoms. The Kier molecular flexibility index (Phi) is 0.583. The fourth-order valence-electron chi connectivity index (χ4n) is 0.999. The summed E-state index contributed by atoms with van der Waals surface area (Å²) in [5.74, 6) is 0.248. The molecular formula is C5H7N3O. The van der Waals surface area contributed by atoms with E-state index in [0.29, 0.717) is 0 Å². The van der Waals surface area contributed by atoms with Crippen LogP contribution in [0.2, 0.25) is 0 Å². The van der Waals surface area contributed by atoms with Crippen molar-refractivity contribution in [2.75, 3.05) is 0 Å². The van der Waals surface area contributed by atoms with Crippen molar-refractivity contribution in [3.8, 4) is 0 Å². The van der Waals surface area contributed by atoms with Crippen LogP contribution in [0.25, 0.3) is 0 Å². The number of aliphatic imine (C=N–C) groups is 1. The lowest BCUT2D eigenvalue weighted by Crippen LogP contribution is -2.33. The van der Waals surface area contributed by atoms with Crippen LogP contribution in [0, 0.1) is 0 Å². The second-order valence-electron chi connectivity index (χ2n) is 2.48. The van der Waals surface area contributed by atoms with Crippen LogP contribution in [0.4, 0.5) is 0 Å². The van der Waals surface area contributed by atoms with Gasteiger partial charge in [0.25, 0.3) is 5.91 Å². The molecule has 0 aromatic carbocycles. The molecule has 4 nitrogen and oxygen atoms in total. The molecule has 0 aromatic heterocycles. The highest BCUT2D eigenvalue weighted by molar-refractivity contribution is 6.08. The van der Waals surface area contributed by atoms with Gasteiger partial charge in [-0.25, -0.2) is 4.99 Å². The molecule has 1 heterocycles. The molecule has 0 saturated heterocycles. The number of hydrogen-bond acceptors (Lipinski definition) is 3. The zero-order valence-electron chi connectivity index (χ0n) is 4.85. The molecule has 0 bridgehead atoms. The Balaban J connectivity index is 2.34. The van der Waals surface area contributed by atoms with Gasteiger partial charge in [0.1, 0.15) is 5.54 Å². The highest BCUT2D eigenvalue weighted by Gasteiger charge is 2.53. The van der Waals surface area contributed by atoms with E-state index < -0.39 is 5.54 Å². The van der Waals surface area contributed by atoms with Crippen molar-refractivity contribution < 1.29 is 4.79 Å². The van der Waals surface area contributed by atoms with Crippen LogP contribution in [0.1, 0.15) is 12.8 Å². The first-order valence-electron chi connectivity index (χ1n) is 2.90. The molecule has 1 saturated carbocycles. The third kappa shape index (κ3) is 0.472. The largest absolute Gasteiger partial charge is 0.370 e. The number of guanidine groups is 1. The Morgan fingerprint density at radius 2 is 2.33 bits per heavy atom. The Bertz CT molecular complexity index is 204. The third-order valence-electron chi connectivity index (χ3n) is 1.72. The van der Waals surface area contributed by atoms with Gasteiger partial charge >= 0.3 is 0 Å². The molecule has 4 heteroatoms. The molecule has 0 atom stereocenters. The van der Waals surface area contributed by atoms with E-state index in [2.05, 4.69) is 10.3 Å². The number of hydrogen-bond donors (Lipinski definition) is 2. The minimum absolute atomic E-state index is 0.0278. The zero-order valence-corrected chi connectivity index (χ0v) is 4.85. The molecule has 1 fully saturated rings. The van der Waals surface area contributed by atoms with Crippen molar-refractivity contribution in [2.45, 2.75) is 18.4 Å². The average Bonchev–Trinajstić information content (AvgIpc) is 2.42. The Morgan fingerprint density at radius 1 is 1.67 bits per heavy atom. The van der Waals surface area contributed by atoms with Crippen LogP contribution < -0.4 is 11.1 Å². The van der Waals surface area contributed by atoms with Gasteiger partial charge in [-0.05, 0) is 12.8 Å². The Labute approximate surface area is 52.1 Å². The zero-order chi connectivity index (χ0) is 6.48. The molecule has 0 aromatic rings. The summed E-state index contributed by atoms with van der Waals surface area (Å²) in [6.07, 6.45) is 1.72. The summed E-state index contributed by atoms with van der Waals surface area (Å²) < 4.78 is 0. The van der Waals surface area contributed by atoms with E-state index in [9.17, 15) is 4.79 Å². The van der Waals surface area contributed by atoms with E-state index in [1.54, 1.807) is 0 Å². The first kappa shape index (κ1) is 4.78. The van der Waals surface area contributed by atoms with Crippen LogP contribution in [-0.4, -0.2) is 17.4 Å². The van der Waals surface area contributed by atoms with Gasteiger partial charge in [-0.15, -0.1) is 0 Å². The molecule has 1 aliphatic carbocycles. The van der Waals surface area contributed by atoms with Crippen LogP contribution in [-0.2, 0) is 4.79 Å². The van der Waals surface area contributed by atoms with Gasteiger partial charge in [0.15, 0.2) is 5.96 Å². The number of carbonyl (C=O) groups is 1. The smallest absolute Gasteiger partial charge is 0.254 e. The number of nitrogens with one attached hydrogen (secondary N) is 1. The van der Waals surface area contributed by atoms with Gasteiger partial charge < -0.3 is 5.73 Å². The standard InChI is InChI=1S/C5H7N3O/c6-4-7-3(9)5(8-4)1-2-5/h1-2H2,(H3,6,7,8,9). The number of nitrogens with two attached hydrogens (primary N) is 1. The minimum atomic E-state index is -0.413. The van der Waals surface area contributed by atoms with Crippen molar-refractivity contribution in [2.24, 2.45) is 10.7 Å². The third-order valence-corrected chi connectivity index (χ3v) is 1.72. The molecule has 0 unspecified atom stereocenters. The summed E-state index contributed by atoms with van der Waals surface area (Å²) in [6, 6.07) is 0. The van der Waals surface area contributed by atoms with Crippen LogP contribution >= 0.6 is 0 Å². The number of amides is 1. The van der Waals surface area contributed by atoms with Crippen molar-refractivity contribution in [3.05, 3.63) is 0 Å². The summed E-state index contributed by atoms with van der Waals surface area (Å²) in [5, 5.41) is 2.46. The van der Waals surface area contributed by atoms with Gasteiger partial charge in [0.2, 0.25) is 0 Å². The van der Waals surface area contributed by atoms with Gasteiger partial charge in [0, 0.05) is 0 Å². The molecule has 2 aliphatic rings. The highest BCUT2D eigenvalue weighted by atomic mass is 16.2. The second-order valence-corrected chi connectivity index (χ2v) is 2.48. The Hall–Kier alpha value is -1.06. The average molecular weight is 125 g/mol. The van der Waals surface area contributed by atoms with Gasteiger partial charge in [-0.3, -0.25) is 10.1 Å². The predicted molar refractivity (Wildman–Crippen MR) is 31.7 cm³/mol. The van der Waals surface area contributed by atoms with Crippen molar-refractivity contribution in [1.82, 2.24) is 5.32 Å². The lowest BCUT2D eigenvalue weighted by molar-refractivity contribution is -0.120. The fraction of sp³-hybridized carbons (Fsp3) is 0.600. The molecule has 1 spiro atoms. The summed E-state index contributed by atoms with van der Waals surface area (Å²) in [6.45, 7) is 0. The topological polar surface area (TPSA) is 67.5 Å². The fourth-order valence-corrected chi connectivity index (χ4v) is 0.999. The maximum atomic E-state index is 10.9. The van der Waals surface area contributed by atoms with E-state index >= 15 is 0 Å². The van der Waals surface area contributed by atoms with E-state index in [4.69, 9.17) is 5.73 Å². The summed E-state index contributed by atoms with van der Waals surface area (Å²) in [5.41, 5.74) is 4.85. The van der Waals surface area contributed by atoms with Gasteiger partial charge in [-0.1, -0.05) is 0 Å². The Morgan fingerprint density at radius 3 is 2.56 bits per heavy atom. The first-order valence-corrected chi connectivity index (χ1v) is 2.90. The summed E-state index contributed by atoms with van der Waals surface area (Å²) in [4.78, 5) is 14.8. The highest BCUT2D eigenvalue weighted by Crippen LogP contribution is 2.41. The van der Waals surface area contributed by atoms with Crippen LogP contribution in [0.5, 0.6) is 0 Å². The van der Waals surface area contributed by atoms with Crippen LogP contribution in [0.3, 0.4) is 0 Å². The maximum Gasteiger partial charge on any atom is 0.254 e. The van der Waals surface area contributed by atoms with Gasteiger partial charge in [0.05, 0.1) is 0 Å². The minimum Gasteiger partial charge on any atom is -0.370 e. The summed E-state index contributed by atoms with van der Waals surface area (Å²) >= 11 is 0. The molecule has 1 aliphatic heterocycles. The quantitative estimate of drug-likeness (QED) is 0.434. The van der Waals surface area contributed by atoms with E-state index in [0.717, 1.165) is 12.8 Å². The molecule has 0 radical (unpaired) electrons. The summed E-state index contributed by atoms with van der Waals surface area (Å²) in [7, 11) is 0.